The molecule has 0 aliphatic carbocycles. The molecule has 2 heterocycles. The molecule has 94 valence electrons. The van der Waals surface area contributed by atoms with Crippen molar-refractivity contribution in [2.75, 3.05) is 23.3 Å². The summed E-state index contributed by atoms with van der Waals surface area (Å²) in [5, 5.41) is 3.21. The van der Waals surface area contributed by atoms with Crippen LogP contribution >= 0.6 is 0 Å². The summed E-state index contributed by atoms with van der Waals surface area (Å²) in [6, 6.07) is 0.551. The molecule has 4 nitrogen and oxygen atoms in total. The molecule has 0 bridgehead atoms. The Morgan fingerprint density at radius 2 is 2.24 bits per heavy atom. The molecule has 1 N–H and O–H groups in total. The topological polar surface area (TPSA) is 41.1 Å². The number of hydrogen-bond acceptors (Lipinski definition) is 4. The fourth-order valence-corrected chi connectivity index (χ4v) is 2.42. The standard InChI is InChI=1S/C13H22N4/c1-4-15-12-8-14-9-13(16-12)17-7-5-6-10(2)11(17)3/h8-11H,4-7H2,1-3H3,(H,15,16). The SMILES string of the molecule is CCNc1cncc(N2CCCC(C)C2C)n1. The van der Waals surface area contributed by atoms with Gasteiger partial charge >= 0.3 is 0 Å². The second kappa shape index (κ2) is 5.34. The van der Waals surface area contributed by atoms with Crippen molar-refractivity contribution >= 4 is 11.6 Å². The van der Waals surface area contributed by atoms with Gasteiger partial charge in [0.25, 0.3) is 0 Å². The summed E-state index contributed by atoms with van der Waals surface area (Å²) in [7, 11) is 0. The molecule has 0 aromatic carbocycles. The highest BCUT2D eigenvalue weighted by atomic mass is 15.2. The van der Waals surface area contributed by atoms with Crippen LogP contribution in [0.15, 0.2) is 12.4 Å². The average molecular weight is 234 g/mol. The smallest absolute Gasteiger partial charge is 0.149 e. The fraction of sp³-hybridized carbons (Fsp3) is 0.692. The van der Waals surface area contributed by atoms with Gasteiger partial charge in [0.05, 0.1) is 12.4 Å². The lowest BCUT2D eigenvalue weighted by Gasteiger charge is -2.38. The van der Waals surface area contributed by atoms with E-state index in [4.69, 9.17) is 0 Å². The molecule has 0 saturated carbocycles. The van der Waals surface area contributed by atoms with Crippen LogP contribution in [0.4, 0.5) is 11.6 Å². The number of piperidine rings is 1. The van der Waals surface area contributed by atoms with Crippen LogP contribution in [-0.2, 0) is 0 Å². The van der Waals surface area contributed by atoms with Gasteiger partial charge in [-0.15, -0.1) is 0 Å². The summed E-state index contributed by atoms with van der Waals surface area (Å²) in [5.41, 5.74) is 0. The van der Waals surface area contributed by atoms with Crippen molar-refractivity contribution in [3.8, 4) is 0 Å². The summed E-state index contributed by atoms with van der Waals surface area (Å²) < 4.78 is 0. The predicted molar refractivity (Wildman–Crippen MR) is 71.4 cm³/mol. The third-order valence-electron chi connectivity index (χ3n) is 3.65. The lowest BCUT2D eigenvalue weighted by molar-refractivity contribution is 0.361. The minimum absolute atomic E-state index is 0.551. The van der Waals surface area contributed by atoms with Gasteiger partial charge in [0.15, 0.2) is 0 Å². The van der Waals surface area contributed by atoms with E-state index < -0.39 is 0 Å². The molecule has 0 spiro atoms. The zero-order valence-electron chi connectivity index (χ0n) is 11.0. The zero-order chi connectivity index (χ0) is 12.3. The number of nitrogens with zero attached hydrogens (tertiary/aromatic N) is 3. The fourth-order valence-electron chi connectivity index (χ4n) is 2.42. The number of aromatic nitrogens is 2. The van der Waals surface area contributed by atoms with Crippen molar-refractivity contribution in [1.82, 2.24) is 9.97 Å². The van der Waals surface area contributed by atoms with Crippen LogP contribution < -0.4 is 10.2 Å². The molecule has 1 aliphatic rings. The van der Waals surface area contributed by atoms with Gasteiger partial charge in [0, 0.05) is 19.1 Å². The van der Waals surface area contributed by atoms with Crippen molar-refractivity contribution in [2.45, 2.75) is 39.7 Å². The zero-order valence-corrected chi connectivity index (χ0v) is 11.0. The van der Waals surface area contributed by atoms with Crippen molar-refractivity contribution in [3.05, 3.63) is 12.4 Å². The maximum absolute atomic E-state index is 4.62. The van der Waals surface area contributed by atoms with E-state index in [0.717, 1.165) is 30.6 Å². The molecule has 0 radical (unpaired) electrons. The number of nitrogens with one attached hydrogen (secondary N) is 1. The van der Waals surface area contributed by atoms with Gasteiger partial charge in [-0.3, -0.25) is 4.98 Å². The van der Waals surface area contributed by atoms with Crippen LogP contribution in [0.5, 0.6) is 0 Å². The molecular formula is C13H22N4. The first-order valence-corrected chi connectivity index (χ1v) is 6.55. The average Bonchev–Trinajstić information content (AvgIpc) is 2.33. The molecule has 17 heavy (non-hydrogen) atoms. The number of rotatable bonds is 3. The van der Waals surface area contributed by atoms with Crippen LogP contribution in [0.25, 0.3) is 0 Å². The van der Waals surface area contributed by atoms with Gasteiger partial charge in [0.2, 0.25) is 0 Å². The molecule has 2 unspecified atom stereocenters. The minimum atomic E-state index is 0.551. The molecular weight excluding hydrogens is 212 g/mol. The monoisotopic (exact) mass is 234 g/mol. The molecule has 1 aliphatic heterocycles. The molecule has 1 saturated heterocycles. The van der Waals surface area contributed by atoms with E-state index >= 15 is 0 Å². The minimum Gasteiger partial charge on any atom is -0.369 e. The highest BCUT2D eigenvalue weighted by Gasteiger charge is 2.25. The third kappa shape index (κ3) is 2.68. The normalized spacial score (nSPS) is 24.8. The van der Waals surface area contributed by atoms with Crippen molar-refractivity contribution in [3.63, 3.8) is 0 Å². The maximum Gasteiger partial charge on any atom is 0.149 e. The van der Waals surface area contributed by atoms with Gasteiger partial charge < -0.3 is 10.2 Å². The molecule has 1 fully saturated rings. The van der Waals surface area contributed by atoms with Crippen LogP contribution in [0.3, 0.4) is 0 Å². The number of anilines is 2. The van der Waals surface area contributed by atoms with E-state index in [0.29, 0.717) is 6.04 Å². The predicted octanol–water partition coefficient (Wildman–Crippen LogP) is 2.53. The molecule has 4 heteroatoms. The summed E-state index contributed by atoms with van der Waals surface area (Å²) >= 11 is 0. The van der Waals surface area contributed by atoms with Gasteiger partial charge in [-0.2, -0.15) is 0 Å². The second-order valence-electron chi connectivity index (χ2n) is 4.85. The van der Waals surface area contributed by atoms with Crippen LogP contribution in [-0.4, -0.2) is 29.1 Å². The largest absolute Gasteiger partial charge is 0.369 e. The van der Waals surface area contributed by atoms with E-state index in [9.17, 15) is 0 Å². The Morgan fingerprint density at radius 3 is 3.00 bits per heavy atom. The van der Waals surface area contributed by atoms with Crippen LogP contribution in [0.2, 0.25) is 0 Å². The molecule has 1 aromatic rings. The van der Waals surface area contributed by atoms with Gasteiger partial charge in [0.1, 0.15) is 11.6 Å². The van der Waals surface area contributed by atoms with Crippen molar-refractivity contribution < 1.29 is 0 Å². The van der Waals surface area contributed by atoms with Gasteiger partial charge in [-0.05, 0) is 32.6 Å². The second-order valence-corrected chi connectivity index (χ2v) is 4.85. The van der Waals surface area contributed by atoms with E-state index in [1.165, 1.54) is 12.8 Å². The maximum atomic E-state index is 4.62. The van der Waals surface area contributed by atoms with Gasteiger partial charge in [-0.25, -0.2) is 4.98 Å². The van der Waals surface area contributed by atoms with E-state index in [1.54, 1.807) is 6.20 Å². The molecule has 2 rings (SSSR count). The van der Waals surface area contributed by atoms with Gasteiger partial charge in [-0.1, -0.05) is 6.92 Å². The summed E-state index contributed by atoms with van der Waals surface area (Å²) in [6.45, 7) is 8.64. The Bertz CT molecular complexity index is 366. The first-order valence-electron chi connectivity index (χ1n) is 6.55. The quantitative estimate of drug-likeness (QED) is 0.872. The lowest BCUT2D eigenvalue weighted by Crippen LogP contribution is -2.43. The van der Waals surface area contributed by atoms with Crippen molar-refractivity contribution in [2.24, 2.45) is 5.92 Å². The Balaban J connectivity index is 2.17. The first kappa shape index (κ1) is 12.1. The third-order valence-corrected chi connectivity index (χ3v) is 3.65. The Kier molecular flexibility index (Phi) is 3.82. The Hall–Kier alpha value is -1.32. The molecule has 2 atom stereocenters. The summed E-state index contributed by atoms with van der Waals surface area (Å²) in [5.74, 6) is 2.60. The number of hydrogen-bond donors (Lipinski definition) is 1. The van der Waals surface area contributed by atoms with E-state index in [-0.39, 0.29) is 0 Å². The lowest BCUT2D eigenvalue weighted by atomic mass is 9.92. The van der Waals surface area contributed by atoms with E-state index in [1.807, 2.05) is 6.20 Å². The Morgan fingerprint density at radius 1 is 1.41 bits per heavy atom. The first-order chi connectivity index (χ1) is 8.22. The van der Waals surface area contributed by atoms with Crippen molar-refractivity contribution in [1.29, 1.82) is 0 Å². The van der Waals surface area contributed by atoms with Crippen LogP contribution in [0.1, 0.15) is 33.6 Å². The summed E-state index contributed by atoms with van der Waals surface area (Å²) in [4.78, 5) is 11.3. The highest BCUT2D eigenvalue weighted by Crippen LogP contribution is 2.27. The highest BCUT2D eigenvalue weighted by molar-refractivity contribution is 5.45. The summed E-state index contributed by atoms with van der Waals surface area (Å²) in [6.07, 6.45) is 6.22. The molecule has 1 aromatic heterocycles. The van der Waals surface area contributed by atoms with E-state index in [2.05, 4.69) is 41.0 Å². The van der Waals surface area contributed by atoms with Crippen LogP contribution in [0, 0.1) is 5.92 Å². The molecule has 0 amide bonds. The Labute approximate surface area is 103 Å².